The number of carbonyl (C=O) groups excluding carboxylic acids is 1. The average molecular weight is 552 g/mol. The van der Waals surface area contributed by atoms with Gasteiger partial charge in [0, 0.05) is 21.8 Å². The monoisotopic (exact) mass is 551 g/mol. The van der Waals surface area contributed by atoms with Gasteiger partial charge in [-0.05, 0) is 42.8 Å². The maximum atomic E-state index is 13.9. The molecule has 0 fully saturated rings. The highest BCUT2D eigenvalue weighted by Crippen LogP contribution is 2.31. The highest BCUT2D eigenvalue weighted by molar-refractivity contribution is 7.07. The zero-order valence-electron chi connectivity index (χ0n) is 20.8. The summed E-state index contributed by atoms with van der Waals surface area (Å²) in [5.74, 6) is -0.321. The number of anilines is 1. The second-order valence-electron chi connectivity index (χ2n) is 9.02. The fourth-order valence-electron chi connectivity index (χ4n) is 4.67. The molecular formula is C30H22ClN5O2S. The Morgan fingerprint density at radius 1 is 1.03 bits per heavy atom. The number of para-hydroxylation sites is 1. The van der Waals surface area contributed by atoms with Crippen molar-refractivity contribution in [3.8, 4) is 11.3 Å². The van der Waals surface area contributed by atoms with Gasteiger partial charge in [-0.2, -0.15) is 5.10 Å². The third-order valence-corrected chi connectivity index (χ3v) is 7.74. The van der Waals surface area contributed by atoms with Gasteiger partial charge in [0.15, 0.2) is 4.80 Å². The van der Waals surface area contributed by atoms with Gasteiger partial charge in [-0.15, -0.1) is 0 Å². The third-order valence-electron chi connectivity index (χ3n) is 6.50. The molecule has 1 aliphatic heterocycles. The molecule has 0 saturated carbocycles. The van der Waals surface area contributed by atoms with Crippen LogP contribution in [0.1, 0.15) is 24.1 Å². The molecule has 6 rings (SSSR count). The van der Waals surface area contributed by atoms with E-state index >= 15 is 0 Å². The molecule has 7 nitrogen and oxygen atoms in total. The molecule has 3 heterocycles. The van der Waals surface area contributed by atoms with E-state index < -0.39 is 6.04 Å². The van der Waals surface area contributed by atoms with Crippen LogP contribution in [0.15, 0.2) is 112 Å². The van der Waals surface area contributed by atoms with Crippen molar-refractivity contribution in [2.75, 3.05) is 5.32 Å². The Bertz CT molecular complexity index is 1890. The second-order valence-corrected chi connectivity index (χ2v) is 10.5. The number of rotatable bonds is 5. The molecule has 1 atom stereocenters. The van der Waals surface area contributed by atoms with E-state index in [2.05, 4.69) is 15.5 Å². The van der Waals surface area contributed by atoms with Gasteiger partial charge in [-0.3, -0.25) is 19.3 Å². The van der Waals surface area contributed by atoms with E-state index in [9.17, 15) is 9.59 Å². The van der Waals surface area contributed by atoms with Crippen molar-refractivity contribution in [1.29, 1.82) is 0 Å². The largest absolute Gasteiger partial charge is 0.322 e. The van der Waals surface area contributed by atoms with E-state index in [4.69, 9.17) is 16.6 Å². The maximum Gasteiger partial charge on any atom is 0.271 e. The topological polar surface area (TPSA) is 92.1 Å². The Labute approximate surface area is 232 Å². The lowest BCUT2D eigenvalue weighted by molar-refractivity contribution is -0.113. The summed E-state index contributed by atoms with van der Waals surface area (Å²) in [6, 6.07) is 25.5. The van der Waals surface area contributed by atoms with Gasteiger partial charge in [-0.25, -0.2) is 4.99 Å². The zero-order valence-corrected chi connectivity index (χ0v) is 22.3. The molecule has 39 heavy (non-hydrogen) atoms. The standard InChI is InChI=1S/C30H22ClN5O2S/c1-18-25(28(37)34-23-10-6-3-7-11-23)27(20-12-14-22(31)15-13-20)36-29(38)24(39-30(36)33-18)16-21-17-32-35-26(21)19-8-4-2-5-9-19/h2-17,27H,1H3,(H,32,35)(H,34,37)/t27-/m1/s1. The van der Waals surface area contributed by atoms with Crippen LogP contribution in [0.2, 0.25) is 5.02 Å². The van der Waals surface area contributed by atoms with Gasteiger partial charge in [-0.1, -0.05) is 83.6 Å². The van der Waals surface area contributed by atoms with Crippen LogP contribution in [-0.4, -0.2) is 20.7 Å². The van der Waals surface area contributed by atoms with Crippen molar-refractivity contribution < 1.29 is 4.79 Å². The number of nitrogens with zero attached hydrogens (tertiary/aromatic N) is 3. The first kappa shape index (κ1) is 24.8. The smallest absolute Gasteiger partial charge is 0.271 e. The predicted octanol–water partition coefficient (Wildman–Crippen LogP) is 4.92. The number of hydrogen-bond donors (Lipinski definition) is 2. The van der Waals surface area contributed by atoms with E-state index in [0.29, 0.717) is 31.3 Å². The van der Waals surface area contributed by atoms with Gasteiger partial charge < -0.3 is 5.32 Å². The minimum Gasteiger partial charge on any atom is -0.322 e. The summed E-state index contributed by atoms with van der Waals surface area (Å²) >= 11 is 7.46. The highest BCUT2D eigenvalue weighted by atomic mass is 35.5. The minimum atomic E-state index is -0.678. The Morgan fingerprint density at radius 3 is 2.44 bits per heavy atom. The number of hydrogen-bond acceptors (Lipinski definition) is 5. The number of H-pyrrole nitrogens is 1. The van der Waals surface area contributed by atoms with Crippen LogP contribution in [0.4, 0.5) is 5.69 Å². The van der Waals surface area contributed by atoms with Crippen LogP contribution in [-0.2, 0) is 4.79 Å². The number of allylic oxidation sites excluding steroid dienone is 1. The number of aromatic amines is 1. The first-order chi connectivity index (χ1) is 19.0. The Balaban J connectivity index is 1.50. The molecule has 5 aromatic rings. The summed E-state index contributed by atoms with van der Waals surface area (Å²) in [7, 11) is 0. The lowest BCUT2D eigenvalue weighted by Gasteiger charge is -2.25. The molecule has 1 aliphatic rings. The van der Waals surface area contributed by atoms with Gasteiger partial charge in [0.1, 0.15) is 0 Å². The van der Waals surface area contributed by atoms with Crippen molar-refractivity contribution >= 4 is 40.6 Å². The van der Waals surface area contributed by atoms with Crippen LogP contribution in [0, 0.1) is 0 Å². The van der Waals surface area contributed by atoms with Crippen molar-refractivity contribution in [2.24, 2.45) is 4.99 Å². The molecule has 192 valence electrons. The number of fused-ring (bicyclic) bond motifs is 1. The van der Waals surface area contributed by atoms with Crippen molar-refractivity contribution in [2.45, 2.75) is 13.0 Å². The quantitative estimate of drug-likeness (QED) is 0.325. The highest BCUT2D eigenvalue weighted by Gasteiger charge is 2.32. The lowest BCUT2D eigenvalue weighted by Crippen LogP contribution is -2.40. The van der Waals surface area contributed by atoms with E-state index in [0.717, 1.165) is 22.4 Å². The molecule has 0 bridgehead atoms. The van der Waals surface area contributed by atoms with Crippen molar-refractivity contribution in [1.82, 2.24) is 14.8 Å². The molecule has 3 aromatic carbocycles. The summed E-state index contributed by atoms with van der Waals surface area (Å²) in [6.07, 6.45) is 3.51. The summed E-state index contributed by atoms with van der Waals surface area (Å²) in [6.45, 7) is 1.80. The summed E-state index contributed by atoms with van der Waals surface area (Å²) in [4.78, 5) is 32.8. The molecule has 0 aliphatic carbocycles. The average Bonchev–Trinajstić information content (AvgIpc) is 3.53. The Kier molecular flexibility index (Phi) is 6.56. The van der Waals surface area contributed by atoms with Crippen LogP contribution in [0.3, 0.4) is 0 Å². The zero-order chi connectivity index (χ0) is 26.9. The Morgan fingerprint density at radius 2 is 1.72 bits per heavy atom. The molecule has 0 saturated heterocycles. The van der Waals surface area contributed by atoms with Gasteiger partial charge >= 0.3 is 0 Å². The van der Waals surface area contributed by atoms with Gasteiger partial charge in [0.2, 0.25) is 0 Å². The molecular weight excluding hydrogens is 530 g/mol. The van der Waals surface area contributed by atoms with Gasteiger partial charge in [0.25, 0.3) is 11.5 Å². The number of amides is 1. The first-order valence-electron chi connectivity index (χ1n) is 12.2. The minimum absolute atomic E-state index is 0.239. The first-order valence-corrected chi connectivity index (χ1v) is 13.4. The van der Waals surface area contributed by atoms with Crippen molar-refractivity contribution in [3.63, 3.8) is 0 Å². The molecule has 1 amide bonds. The molecule has 0 spiro atoms. The molecule has 0 radical (unpaired) electrons. The number of halogens is 1. The van der Waals surface area contributed by atoms with Crippen LogP contribution < -0.4 is 20.2 Å². The van der Waals surface area contributed by atoms with Crippen LogP contribution in [0.5, 0.6) is 0 Å². The molecule has 2 N–H and O–H groups in total. The molecule has 0 unspecified atom stereocenters. The number of nitrogens with one attached hydrogen (secondary N) is 2. The fourth-order valence-corrected chi connectivity index (χ4v) is 5.84. The van der Waals surface area contributed by atoms with Crippen molar-refractivity contribution in [3.05, 3.63) is 138 Å². The summed E-state index contributed by atoms with van der Waals surface area (Å²) < 4.78 is 2.08. The van der Waals surface area contributed by atoms with E-state index in [1.165, 1.54) is 11.3 Å². The molecule has 9 heteroatoms. The summed E-state index contributed by atoms with van der Waals surface area (Å²) in [5.41, 5.74) is 4.68. The number of carbonyl (C=O) groups is 1. The Hall–Kier alpha value is -4.53. The van der Waals surface area contributed by atoms with Gasteiger partial charge in [0.05, 0.1) is 33.7 Å². The van der Waals surface area contributed by atoms with E-state index in [1.54, 1.807) is 29.8 Å². The summed E-state index contributed by atoms with van der Waals surface area (Å²) in [5, 5.41) is 10.8. The maximum absolute atomic E-state index is 13.9. The molecule has 2 aromatic heterocycles. The number of benzene rings is 3. The second kappa shape index (κ2) is 10.3. The van der Waals surface area contributed by atoms with Crippen LogP contribution >= 0.6 is 22.9 Å². The predicted molar refractivity (Wildman–Crippen MR) is 154 cm³/mol. The fraction of sp³-hybridized carbons (Fsp3) is 0.0667. The lowest BCUT2D eigenvalue weighted by atomic mass is 9.95. The normalized spacial score (nSPS) is 15.1. The number of aromatic nitrogens is 3. The number of thiazole rings is 1. The van der Waals surface area contributed by atoms with E-state index in [1.807, 2.05) is 78.9 Å². The third kappa shape index (κ3) is 4.76. The van der Waals surface area contributed by atoms with E-state index in [-0.39, 0.29) is 11.5 Å². The van der Waals surface area contributed by atoms with Crippen LogP contribution in [0.25, 0.3) is 17.3 Å². The SMILES string of the molecule is CC1=C(C(=O)Nc2ccccc2)[C@@H](c2ccc(Cl)cc2)n2c(sc(=Cc3cn[nH]c3-c3ccccc3)c2=O)=N1.